The van der Waals surface area contributed by atoms with E-state index < -0.39 is 17.4 Å². The predicted octanol–water partition coefficient (Wildman–Crippen LogP) is 6.10. The molecule has 0 saturated carbocycles. The Labute approximate surface area is 239 Å². The number of anilines is 1. The molecule has 1 heterocycles. The number of hydrogen-bond donors (Lipinski definition) is 2. The second-order valence-corrected chi connectivity index (χ2v) is 10.4. The minimum absolute atomic E-state index is 0.185. The molecule has 1 atom stereocenters. The van der Waals surface area contributed by atoms with Crippen molar-refractivity contribution in [2.45, 2.75) is 12.5 Å². The lowest BCUT2D eigenvalue weighted by Crippen LogP contribution is -2.27. The van der Waals surface area contributed by atoms with Crippen LogP contribution >= 0.6 is 11.6 Å². The first-order valence-corrected chi connectivity index (χ1v) is 13.3. The molecule has 1 aliphatic rings. The number of para-hydroxylation sites is 1. The molecule has 8 heteroatoms. The molecule has 41 heavy (non-hydrogen) atoms. The Morgan fingerprint density at radius 3 is 2.15 bits per heavy atom. The number of Topliss-reactive ketones (excluding diaryl/α,β-unsaturated/α-hetero) is 1. The van der Waals surface area contributed by atoms with Crippen LogP contribution in [-0.4, -0.2) is 27.0 Å². The molecule has 0 fully saturated rings. The number of halogens is 1. The number of carbonyl (C=O) groups is 3. The van der Waals surface area contributed by atoms with Crippen LogP contribution in [0.4, 0.5) is 5.69 Å². The highest BCUT2D eigenvalue weighted by Gasteiger charge is 2.30. The van der Waals surface area contributed by atoms with Gasteiger partial charge in [0.1, 0.15) is 11.3 Å². The monoisotopic (exact) mass is 562 g/mol. The highest BCUT2D eigenvalue weighted by Crippen LogP contribution is 2.33. The van der Waals surface area contributed by atoms with E-state index in [0.717, 1.165) is 0 Å². The highest BCUT2D eigenvalue weighted by atomic mass is 35.5. The maximum atomic E-state index is 13.6. The molecule has 7 nitrogen and oxygen atoms in total. The van der Waals surface area contributed by atoms with Crippen molar-refractivity contribution in [3.63, 3.8) is 0 Å². The van der Waals surface area contributed by atoms with Crippen LogP contribution in [-0.2, 0) is 7.05 Å². The number of nitrogens with one attached hydrogen (secondary N) is 1. The number of aromatic hydroxyl groups is 1. The van der Waals surface area contributed by atoms with E-state index in [2.05, 4.69) is 5.32 Å². The van der Waals surface area contributed by atoms with Crippen molar-refractivity contribution in [3.05, 3.63) is 140 Å². The Morgan fingerprint density at radius 1 is 0.829 bits per heavy atom. The minimum Gasteiger partial charge on any atom is -0.506 e. The largest absolute Gasteiger partial charge is 0.506 e. The number of aryl methyl sites for hydroxylation is 1. The van der Waals surface area contributed by atoms with Crippen molar-refractivity contribution < 1.29 is 19.5 Å². The quantitative estimate of drug-likeness (QED) is 0.238. The third-order valence-electron chi connectivity index (χ3n) is 7.48. The number of carbonyl (C=O) groups excluding carboxylic acids is 3. The highest BCUT2D eigenvalue weighted by molar-refractivity contribution is 6.30. The van der Waals surface area contributed by atoms with Gasteiger partial charge >= 0.3 is 0 Å². The van der Waals surface area contributed by atoms with Gasteiger partial charge in [-0.2, -0.15) is 0 Å². The Hall–Kier alpha value is -5.01. The number of aromatic nitrogens is 1. The number of hydrogen-bond acceptors (Lipinski definition) is 6. The maximum absolute atomic E-state index is 13.6. The van der Waals surface area contributed by atoms with Gasteiger partial charge in [-0.15, -0.1) is 0 Å². The molecule has 4 aromatic carbocycles. The second kappa shape index (κ2) is 10.2. The molecule has 0 radical (unpaired) electrons. The molecule has 1 aromatic heterocycles. The zero-order valence-electron chi connectivity index (χ0n) is 21.9. The Balaban J connectivity index is 1.38. The molecule has 2 N–H and O–H groups in total. The Bertz CT molecular complexity index is 1960. The fourth-order valence-electron chi connectivity index (χ4n) is 5.36. The standard InChI is InChI=1S/C33H23ClN2O5/c1-36-27-9-5-4-8-24(27)32(40)29(33(36)41)28(37)17-26(18-10-12-19(34)13-11-18)35-20-14-15-23-25(16-20)31(39)22-7-3-2-6-21(22)30(23)38/h2-16,26,35,40H,17H2,1H3/t26-/m0/s1. The molecule has 202 valence electrons. The van der Waals surface area contributed by atoms with Crippen molar-refractivity contribution in [3.8, 4) is 5.75 Å². The van der Waals surface area contributed by atoms with Crippen LogP contribution in [0.5, 0.6) is 5.75 Å². The van der Waals surface area contributed by atoms with Crippen LogP contribution in [0.25, 0.3) is 10.9 Å². The number of nitrogens with zero attached hydrogens (tertiary/aromatic N) is 1. The first-order valence-electron chi connectivity index (χ1n) is 12.9. The summed E-state index contributed by atoms with van der Waals surface area (Å²) < 4.78 is 1.34. The Morgan fingerprint density at radius 2 is 1.44 bits per heavy atom. The Kier molecular flexibility index (Phi) is 6.52. The predicted molar refractivity (Wildman–Crippen MR) is 157 cm³/mol. The van der Waals surface area contributed by atoms with Crippen molar-refractivity contribution in [1.82, 2.24) is 4.57 Å². The summed E-state index contributed by atoms with van der Waals surface area (Å²) in [4.78, 5) is 53.1. The van der Waals surface area contributed by atoms with Crippen molar-refractivity contribution >= 4 is 45.5 Å². The van der Waals surface area contributed by atoms with Crippen LogP contribution < -0.4 is 10.9 Å². The summed E-state index contributed by atoms with van der Waals surface area (Å²) in [7, 11) is 1.55. The van der Waals surface area contributed by atoms with Gasteiger partial charge in [-0.25, -0.2) is 0 Å². The van der Waals surface area contributed by atoms with Gasteiger partial charge in [-0.3, -0.25) is 19.2 Å². The number of rotatable bonds is 6. The van der Waals surface area contributed by atoms with Crippen LogP contribution in [0.1, 0.15) is 60.2 Å². The van der Waals surface area contributed by atoms with Gasteiger partial charge in [0, 0.05) is 51.8 Å². The molecule has 6 rings (SSSR count). The molecule has 0 unspecified atom stereocenters. The van der Waals surface area contributed by atoms with E-state index in [1.54, 1.807) is 98.0 Å². The van der Waals surface area contributed by atoms with Crippen LogP contribution in [0.15, 0.2) is 95.8 Å². The summed E-state index contributed by atoms with van der Waals surface area (Å²) in [6.07, 6.45) is -0.185. The lowest BCUT2D eigenvalue weighted by atomic mass is 9.84. The van der Waals surface area contributed by atoms with Gasteiger partial charge in [0.2, 0.25) is 0 Å². The first-order chi connectivity index (χ1) is 19.7. The topological polar surface area (TPSA) is 105 Å². The molecule has 0 aliphatic heterocycles. The molecule has 0 amide bonds. The lowest BCUT2D eigenvalue weighted by molar-refractivity contribution is 0.0971. The van der Waals surface area contributed by atoms with E-state index in [1.165, 1.54) is 4.57 Å². The summed E-state index contributed by atoms with van der Waals surface area (Å²) in [6, 6.07) is 24.6. The van der Waals surface area contributed by atoms with Gasteiger partial charge in [0.15, 0.2) is 17.3 Å². The van der Waals surface area contributed by atoms with Gasteiger partial charge < -0.3 is 15.0 Å². The van der Waals surface area contributed by atoms with E-state index in [4.69, 9.17) is 11.6 Å². The van der Waals surface area contributed by atoms with E-state index in [-0.39, 0.29) is 34.9 Å². The molecule has 0 bridgehead atoms. The van der Waals surface area contributed by atoms with E-state index >= 15 is 0 Å². The summed E-state index contributed by atoms with van der Waals surface area (Å²) in [5.41, 5.74) is 2.10. The first kappa shape index (κ1) is 26.2. The summed E-state index contributed by atoms with van der Waals surface area (Å²) >= 11 is 6.11. The number of ketones is 3. The molecule has 5 aromatic rings. The van der Waals surface area contributed by atoms with E-state index in [0.29, 0.717) is 43.9 Å². The molecule has 1 aliphatic carbocycles. The fourth-order valence-corrected chi connectivity index (χ4v) is 5.48. The van der Waals surface area contributed by atoms with Crippen molar-refractivity contribution in [1.29, 1.82) is 0 Å². The summed E-state index contributed by atoms with van der Waals surface area (Å²) in [5, 5.41) is 15.2. The molecular formula is C33H23ClN2O5. The zero-order valence-corrected chi connectivity index (χ0v) is 22.6. The average Bonchev–Trinajstić information content (AvgIpc) is 2.99. The SMILES string of the molecule is Cn1c(=O)c(C(=O)C[C@H](Nc2ccc3c(c2)C(=O)c2ccccc2C3=O)c2ccc(Cl)cc2)c(O)c2ccccc21. The van der Waals surface area contributed by atoms with Crippen LogP contribution in [0.2, 0.25) is 5.02 Å². The molecular weight excluding hydrogens is 540 g/mol. The number of fused-ring (bicyclic) bond motifs is 3. The van der Waals surface area contributed by atoms with Crippen LogP contribution in [0, 0.1) is 0 Å². The lowest BCUT2D eigenvalue weighted by Gasteiger charge is -2.23. The fraction of sp³-hybridized carbons (Fsp3) is 0.0909. The minimum atomic E-state index is -0.657. The average molecular weight is 563 g/mol. The zero-order chi connectivity index (χ0) is 28.8. The van der Waals surface area contributed by atoms with Crippen molar-refractivity contribution in [2.75, 3.05) is 5.32 Å². The smallest absolute Gasteiger partial charge is 0.265 e. The van der Waals surface area contributed by atoms with Crippen molar-refractivity contribution in [2.24, 2.45) is 7.05 Å². The molecule has 0 saturated heterocycles. The third-order valence-corrected chi connectivity index (χ3v) is 7.73. The normalized spacial score (nSPS) is 13.0. The third kappa shape index (κ3) is 4.50. The number of benzene rings is 4. The van der Waals surface area contributed by atoms with Crippen LogP contribution in [0.3, 0.4) is 0 Å². The number of pyridine rings is 1. The van der Waals surface area contributed by atoms with Gasteiger partial charge in [-0.05, 0) is 48.0 Å². The summed E-state index contributed by atoms with van der Waals surface area (Å²) in [6.45, 7) is 0. The van der Waals surface area contributed by atoms with E-state index in [1.807, 2.05) is 0 Å². The molecule has 0 spiro atoms. The van der Waals surface area contributed by atoms with Gasteiger partial charge in [0.05, 0.1) is 11.6 Å². The second-order valence-electron chi connectivity index (χ2n) is 9.94. The maximum Gasteiger partial charge on any atom is 0.265 e. The van der Waals surface area contributed by atoms with E-state index in [9.17, 15) is 24.3 Å². The summed E-state index contributed by atoms with van der Waals surface area (Å²) in [5.74, 6) is -1.41. The van der Waals surface area contributed by atoms with Gasteiger partial charge in [0.25, 0.3) is 5.56 Å². The van der Waals surface area contributed by atoms with Gasteiger partial charge in [-0.1, -0.05) is 60.1 Å².